The Labute approximate surface area is 140 Å². The molecule has 0 bridgehead atoms. The second-order valence-corrected chi connectivity index (χ2v) is 5.82. The average Bonchev–Trinajstić information content (AvgIpc) is 3.09. The first kappa shape index (κ1) is 15.9. The van der Waals surface area contributed by atoms with Gasteiger partial charge in [0.2, 0.25) is 5.91 Å². The quantitative estimate of drug-likeness (QED) is 0.757. The Morgan fingerprint density at radius 1 is 1.17 bits per heavy atom. The zero-order chi connectivity index (χ0) is 16.9. The molecule has 1 amide bonds. The van der Waals surface area contributed by atoms with E-state index in [1.807, 2.05) is 56.3 Å². The number of carbonyl (C=O) groups excluding carboxylic acids is 1. The van der Waals surface area contributed by atoms with Gasteiger partial charge in [-0.05, 0) is 37.5 Å². The van der Waals surface area contributed by atoms with E-state index >= 15 is 0 Å². The van der Waals surface area contributed by atoms with E-state index < -0.39 is 5.92 Å². The van der Waals surface area contributed by atoms with E-state index in [4.69, 9.17) is 0 Å². The van der Waals surface area contributed by atoms with Crippen molar-refractivity contribution in [2.45, 2.75) is 26.2 Å². The lowest BCUT2D eigenvalue weighted by Gasteiger charge is -2.15. The highest BCUT2D eigenvalue weighted by Gasteiger charge is 2.25. The predicted octanol–water partition coefficient (Wildman–Crippen LogP) is 2.78. The molecule has 122 valence electrons. The van der Waals surface area contributed by atoms with Gasteiger partial charge in [0.25, 0.3) is 0 Å². The molecule has 0 saturated heterocycles. The van der Waals surface area contributed by atoms with Crippen LogP contribution >= 0.6 is 0 Å². The number of carbonyl (C=O) groups is 1. The number of aromatic amines is 1. The number of amides is 1. The number of benzene rings is 2. The number of aryl methyl sites for hydroxylation is 2. The number of tetrazole rings is 1. The molecule has 0 aliphatic rings. The summed E-state index contributed by atoms with van der Waals surface area (Å²) >= 11 is 0. The third-order valence-electron chi connectivity index (χ3n) is 3.92. The summed E-state index contributed by atoms with van der Waals surface area (Å²) in [6, 6.07) is 15.8. The molecule has 0 spiro atoms. The van der Waals surface area contributed by atoms with Gasteiger partial charge in [-0.3, -0.25) is 4.79 Å². The van der Waals surface area contributed by atoms with Crippen molar-refractivity contribution in [3.8, 4) is 0 Å². The average molecular weight is 321 g/mol. The highest BCUT2D eigenvalue weighted by Crippen LogP contribution is 2.22. The van der Waals surface area contributed by atoms with Crippen molar-refractivity contribution in [3.05, 3.63) is 71.0 Å². The van der Waals surface area contributed by atoms with Crippen molar-refractivity contribution in [2.24, 2.45) is 0 Å². The number of rotatable bonds is 5. The van der Waals surface area contributed by atoms with Gasteiger partial charge in [0, 0.05) is 5.69 Å². The minimum atomic E-state index is -0.509. The van der Waals surface area contributed by atoms with Crippen molar-refractivity contribution >= 4 is 11.6 Å². The number of H-pyrrole nitrogens is 1. The normalized spacial score (nSPS) is 11.9. The second kappa shape index (κ2) is 7.04. The van der Waals surface area contributed by atoms with Gasteiger partial charge in [-0.25, -0.2) is 0 Å². The summed E-state index contributed by atoms with van der Waals surface area (Å²) in [7, 11) is 0. The maximum absolute atomic E-state index is 12.8. The van der Waals surface area contributed by atoms with Crippen LogP contribution in [0.25, 0.3) is 0 Å². The molecule has 0 radical (unpaired) electrons. The lowest BCUT2D eigenvalue weighted by molar-refractivity contribution is -0.117. The fraction of sp³-hybridized carbons (Fsp3) is 0.222. The van der Waals surface area contributed by atoms with Crippen LogP contribution in [0, 0.1) is 13.8 Å². The zero-order valence-corrected chi connectivity index (χ0v) is 13.7. The largest absolute Gasteiger partial charge is 0.325 e. The van der Waals surface area contributed by atoms with E-state index in [0.717, 1.165) is 22.4 Å². The number of aromatic nitrogens is 4. The van der Waals surface area contributed by atoms with Gasteiger partial charge in [0.15, 0.2) is 5.82 Å². The summed E-state index contributed by atoms with van der Waals surface area (Å²) in [6.07, 6.45) is 0.513. The molecule has 1 unspecified atom stereocenters. The number of anilines is 1. The van der Waals surface area contributed by atoms with Gasteiger partial charge in [-0.1, -0.05) is 53.2 Å². The Morgan fingerprint density at radius 2 is 2.00 bits per heavy atom. The summed E-state index contributed by atoms with van der Waals surface area (Å²) in [6.45, 7) is 3.99. The Bertz CT molecular complexity index is 829. The molecular formula is C18H19N5O. The first-order valence-electron chi connectivity index (χ1n) is 7.79. The van der Waals surface area contributed by atoms with E-state index in [-0.39, 0.29) is 5.91 Å². The fourth-order valence-electron chi connectivity index (χ4n) is 2.63. The van der Waals surface area contributed by atoms with Crippen molar-refractivity contribution in [2.75, 3.05) is 5.32 Å². The number of nitrogens with one attached hydrogen (secondary N) is 2. The van der Waals surface area contributed by atoms with E-state index in [1.54, 1.807) is 0 Å². The van der Waals surface area contributed by atoms with Gasteiger partial charge in [0.1, 0.15) is 5.92 Å². The lowest BCUT2D eigenvalue weighted by Crippen LogP contribution is -2.24. The monoisotopic (exact) mass is 321 g/mol. The number of nitrogens with zero attached hydrogens (tertiary/aromatic N) is 3. The molecule has 6 heteroatoms. The van der Waals surface area contributed by atoms with Crippen LogP contribution in [0.4, 0.5) is 5.69 Å². The van der Waals surface area contributed by atoms with E-state index in [2.05, 4.69) is 32.0 Å². The predicted molar refractivity (Wildman–Crippen MR) is 91.6 cm³/mol. The van der Waals surface area contributed by atoms with E-state index in [0.29, 0.717) is 12.2 Å². The van der Waals surface area contributed by atoms with Crippen LogP contribution in [-0.4, -0.2) is 26.5 Å². The number of hydrogen-bond donors (Lipinski definition) is 2. The highest BCUT2D eigenvalue weighted by atomic mass is 16.1. The number of para-hydroxylation sites is 1. The topological polar surface area (TPSA) is 83.6 Å². The van der Waals surface area contributed by atoms with Crippen molar-refractivity contribution in [1.82, 2.24) is 20.6 Å². The molecule has 1 heterocycles. The van der Waals surface area contributed by atoms with Crippen molar-refractivity contribution < 1.29 is 4.79 Å². The van der Waals surface area contributed by atoms with Crippen LogP contribution in [0.15, 0.2) is 48.5 Å². The van der Waals surface area contributed by atoms with Crippen LogP contribution < -0.4 is 5.32 Å². The molecule has 0 aliphatic carbocycles. The molecule has 24 heavy (non-hydrogen) atoms. The van der Waals surface area contributed by atoms with Gasteiger partial charge in [0.05, 0.1) is 0 Å². The first-order valence-corrected chi connectivity index (χ1v) is 7.79. The Balaban J connectivity index is 1.85. The zero-order valence-electron chi connectivity index (χ0n) is 13.7. The third kappa shape index (κ3) is 3.65. The first-order chi connectivity index (χ1) is 11.6. The molecule has 3 aromatic rings. The molecule has 0 aliphatic heterocycles. The Hall–Kier alpha value is -3.02. The van der Waals surface area contributed by atoms with Crippen LogP contribution in [0.2, 0.25) is 0 Å². The van der Waals surface area contributed by atoms with Gasteiger partial charge >= 0.3 is 0 Å². The maximum atomic E-state index is 12.8. The van der Waals surface area contributed by atoms with Gasteiger partial charge in [-0.2, -0.15) is 5.21 Å². The molecule has 3 rings (SSSR count). The highest BCUT2D eigenvalue weighted by molar-refractivity contribution is 5.96. The summed E-state index contributed by atoms with van der Waals surface area (Å²) in [5.41, 5.74) is 4.01. The summed E-state index contributed by atoms with van der Waals surface area (Å²) in [5, 5.41) is 17.0. The van der Waals surface area contributed by atoms with Crippen molar-refractivity contribution in [3.63, 3.8) is 0 Å². The number of hydrogen-bond acceptors (Lipinski definition) is 4. The fourth-order valence-corrected chi connectivity index (χ4v) is 2.63. The summed E-state index contributed by atoms with van der Waals surface area (Å²) in [4.78, 5) is 12.8. The molecule has 0 fully saturated rings. The summed E-state index contributed by atoms with van der Waals surface area (Å²) < 4.78 is 0. The molecule has 1 aromatic heterocycles. The minimum Gasteiger partial charge on any atom is -0.325 e. The van der Waals surface area contributed by atoms with Crippen LogP contribution in [0.5, 0.6) is 0 Å². The molecule has 0 saturated carbocycles. The third-order valence-corrected chi connectivity index (χ3v) is 3.92. The standard InChI is InChI=1S/C18H19N5O/c1-12-6-5-8-14(10-12)11-15(17-20-22-23-21-17)18(24)19-16-9-4-3-7-13(16)2/h3-10,15H,11H2,1-2H3,(H,19,24)(H,20,21,22,23). The van der Waals surface area contributed by atoms with Crippen molar-refractivity contribution in [1.29, 1.82) is 0 Å². The van der Waals surface area contributed by atoms with E-state index in [1.165, 1.54) is 0 Å². The minimum absolute atomic E-state index is 0.146. The molecule has 6 nitrogen and oxygen atoms in total. The molecule has 1 atom stereocenters. The maximum Gasteiger partial charge on any atom is 0.235 e. The van der Waals surface area contributed by atoms with Crippen LogP contribution in [0.1, 0.15) is 28.4 Å². The van der Waals surface area contributed by atoms with Gasteiger partial charge in [-0.15, -0.1) is 10.2 Å². The molecular weight excluding hydrogens is 302 g/mol. The lowest BCUT2D eigenvalue weighted by atomic mass is 9.96. The Morgan fingerprint density at radius 3 is 2.71 bits per heavy atom. The SMILES string of the molecule is Cc1cccc(CC(C(=O)Nc2ccccc2C)c2nn[nH]n2)c1. The van der Waals surface area contributed by atoms with Crippen LogP contribution in [0.3, 0.4) is 0 Å². The summed E-state index contributed by atoms with van der Waals surface area (Å²) in [5.74, 6) is -0.264. The van der Waals surface area contributed by atoms with Gasteiger partial charge < -0.3 is 5.32 Å². The Kier molecular flexibility index (Phi) is 4.65. The van der Waals surface area contributed by atoms with E-state index in [9.17, 15) is 4.79 Å². The molecule has 2 aromatic carbocycles. The smallest absolute Gasteiger partial charge is 0.235 e. The van der Waals surface area contributed by atoms with Crippen LogP contribution in [-0.2, 0) is 11.2 Å². The second-order valence-electron chi connectivity index (χ2n) is 5.82. The molecule has 2 N–H and O–H groups in total.